The summed E-state index contributed by atoms with van der Waals surface area (Å²) in [5.74, 6) is 1.65. The summed E-state index contributed by atoms with van der Waals surface area (Å²) < 4.78 is 5.88. The molecule has 20 heavy (non-hydrogen) atoms. The van der Waals surface area contributed by atoms with Crippen LogP contribution in [0.15, 0.2) is 28.7 Å². The van der Waals surface area contributed by atoms with Gasteiger partial charge in [-0.15, -0.1) is 0 Å². The maximum Gasteiger partial charge on any atom is 0.197 e. The van der Waals surface area contributed by atoms with Crippen molar-refractivity contribution in [1.82, 2.24) is 10.3 Å². The van der Waals surface area contributed by atoms with Crippen molar-refractivity contribution >= 4 is 11.1 Å². The normalized spacial score (nSPS) is 18.4. The summed E-state index contributed by atoms with van der Waals surface area (Å²) in [6.45, 7) is 3.20. The Labute approximate surface area is 120 Å². The number of para-hydroxylation sites is 2. The van der Waals surface area contributed by atoms with Crippen LogP contribution in [0.1, 0.15) is 44.9 Å². The molecule has 0 radical (unpaired) electrons. The lowest BCUT2D eigenvalue weighted by Gasteiger charge is -2.30. The third kappa shape index (κ3) is 3.04. The van der Waals surface area contributed by atoms with Gasteiger partial charge in [0.05, 0.1) is 0 Å². The first-order valence-electron chi connectivity index (χ1n) is 7.94. The first-order chi connectivity index (χ1) is 9.86. The molecule has 0 aliphatic heterocycles. The van der Waals surface area contributed by atoms with Crippen molar-refractivity contribution in [3.63, 3.8) is 0 Å². The van der Waals surface area contributed by atoms with E-state index >= 15 is 0 Å². The number of nitrogens with one attached hydrogen (secondary N) is 1. The number of likely N-dealkylation sites (N-methyl/N-ethyl adjacent to an activating group) is 1. The van der Waals surface area contributed by atoms with E-state index in [9.17, 15) is 0 Å². The van der Waals surface area contributed by atoms with Gasteiger partial charge in [-0.2, -0.15) is 0 Å². The van der Waals surface area contributed by atoms with Crippen molar-refractivity contribution in [2.45, 2.75) is 51.5 Å². The molecule has 3 nitrogen and oxygen atoms in total. The van der Waals surface area contributed by atoms with E-state index in [1.165, 1.54) is 32.1 Å². The van der Waals surface area contributed by atoms with E-state index in [-0.39, 0.29) is 0 Å². The Bertz CT molecular complexity index is 510. The largest absolute Gasteiger partial charge is 0.441 e. The van der Waals surface area contributed by atoms with Crippen LogP contribution in [0.25, 0.3) is 11.1 Å². The molecule has 3 heteroatoms. The van der Waals surface area contributed by atoms with Gasteiger partial charge >= 0.3 is 0 Å². The Morgan fingerprint density at radius 1 is 1.25 bits per heavy atom. The highest BCUT2D eigenvalue weighted by atomic mass is 16.3. The van der Waals surface area contributed by atoms with E-state index in [2.05, 4.69) is 17.2 Å². The molecule has 0 saturated heterocycles. The molecule has 1 atom stereocenters. The second-order valence-electron chi connectivity index (χ2n) is 5.84. The quantitative estimate of drug-likeness (QED) is 0.896. The molecule has 1 unspecified atom stereocenters. The lowest BCUT2D eigenvalue weighted by Crippen LogP contribution is -2.39. The predicted octanol–water partition coefficient (Wildman–Crippen LogP) is 3.93. The van der Waals surface area contributed by atoms with E-state index in [0.717, 1.165) is 35.9 Å². The van der Waals surface area contributed by atoms with E-state index in [1.807, 2.05) is 24.3 Å². The third-order valence-electron chi connectivity index (χ3n) is 4.42. The van der Waals surface area contributed by atoms with Gasteiger partial charge in [0.2, 0.25) is 0 Å². The lowest BCUT2D eigenvalue weighted by molar-refractivity contribution is 0.260. The fraction of sp³-hybridized carbons (Fsp3) is 0.588. The van der Waals surface area contributed by atoms with Crippen molar-refractivity contribution < 1.29 is 4.42 Å². The van der Waals surface area contributed by atoms with Crippen molar-refractivity contribution in [1.29, 1.82) is 0 Å². The number of aromatic nitrogens is 1. The standard InChI is InChI=1S/C17H24N2O/c1-2-18-15(13-8-4-3-5-9-13)12-17-19-14-10-6-7-11-16(14)20-17/h6-7,10-11,13,15,18H,2-5,8-9,12H2,1H3. The molecule has 2 aromatic rings. The van der Waals surface area contributed by atoms with Crippen molar-refractivity contribution in [2.24, 2.45) is 5.92 Å². The molecule has 1 fully saturated rings. The van der Waals surface area contributed by atoms with Crippen LogP contribution in [-0.2, 0) is 6.42 Å². The Morgan fingerprint density at radius 2 is 2.05 bits per heavy atom. The summed E-state index contributed by atoms with van der Waals surface area (Å²) >= 11 is 0. The van der Waals surface area contributed by atoms with Gasteiger partial charge in [0, 0.05) is 12.5 Å². The number of rotatable bonds is 5. The highest BCUT2D eigenvalue weighted by Gasteiger charge is 2.24. The maximum atomic E-state index is 5.88. The molecule has 1 N–H and O–H groups in total. The second kappa shape index (κ2) is 6.40. The number of benzene rings is 1. The zero-order valence-corrected chi connectivity index (χ0v) is 12.3. The Balaban J connectivity index is 1.74. The van der Waals surface area contributed by atoms with E-state index < -0.39 is 0 Å². The molecule has 3 rings (SSSR count). The number of nitrogens with zero attached hydrogens (tertiary/aromatic N) is 1. The van der Waals surface area contributed by atoms with Crippen LogP contribution in [0.4, 0.5) is 0 Å². The molecule has 1 aromatic carbocycles. The van der Waals surface area contributed by atoms with E-state index in [1.54, 1.807) is 0 Å². The van der Waals surface area contributed by atoms with Crippen LogP contribution in [0, 0.1) is 5.92 Å². The first kappa shape index (κ1) is 13.6. The van der Waals surface area contributed by atoms with Crippen LogP contribution in [0.3, 0.4) is 0 Å². The minimum atomic E-state index is 0.508. The minimum Gasteiger partial charge on any atom is -0.441 e. The van der Waals surface area contributed by atoms with Gasteiger partial charge in [-0.25, -0.2) is 4.98 Å². The van der Waals surface area contributed by atoms with Gasteiger partial charge in [-0.3, -0.25) is 0 Å². The summed E-state index contributed by atoms with van der Waals surface area (Å²) in [6, 6.07) is 8.53. The van der Waals surface area contributed by atoms with Crippen LogP contribution in [-0.4, -0.2) is 17.6 Å². The van der Waals surface area contributed by atoms with Crippen LogP contribution in [0.2, 0.25) is 0 Å². The van der Waals surface area contributed by atoms with E-state index in [4.69, 9.17) is 4.42 Å². The first-order valence-corrected chi connectivity index (χ1v) is 7.94. The number of oxazole rings is 1. The molecule has 1 aliphatic rings. The van der Waals surface area contributed by atoms with Crippen molar-refractivity contribution in [2.75, 3.05) is 6.54 Å². The lowest BCUT2D eigenvalue weighted by atomic mass is 9.82. The van der Waals surface area contributed by atoms with Crippen LogP contribution >= 0.6 is 0 Å². The molecular weight excluding hydrogens is 248 g/mol. The van der Waals surface area contributed by atoms with Crippen molar-refractivity contribution in [3.05, 3.63) is 30.2 Å². The Morgan fingerprint density at radius 3 is 2.80 bits per heavy atom. The predicted molar refractivity (Wildman–Crippen MR) is 81.8 cm³/mol. The molecule has 0 spiro atoms. The number of hydrogen-bond donors (Lipinski definition) is 1. The molecule has 1 heterocycles. The average molecular weight is 272 g/mol. The van der Waals surface area contributed by atoms with Gasteiger partial charge < -0.3 is 9.73 Å². The molecule has 108 valence electrons. The van der Waals surface area contributed by atoms with Gasteiger partial charge in [-0.1, -0.05) is 38.3 Å². The molecule has 1 aromatic heterocycles. The monoisotopic (exact) mass is 272 g/mol. The van der Waals surface area contributed by atoms with Crippen molar-refractivity contribution in [3.8, 4) is 0 Å². The van der Waals surface area contributed by atoms with Gasteiger partial charge in [-0.05, 0) is 37.4 Å². The van der Waals surface area contributed by atoms with E-state index in [0.29, 0.717) is 6.04 Å². The number of fused-ring (bicyclic) bond motifs is 1. The van der Waals surface area contributed by atoms with Gasteiger partial charge in [0.15, 0.2) is 11.5 Å². The summed E-state index contributed by atoms with van der Waals surface area (Å²) in [6.07, 6.45) is 7.75. The molecular formula is C17H24N2O. The Hall–Kier alpha value is -1.35. The van der Waals surface area contributed by atoms with Crippen LogP contribution in [0.5, 0.6) is 0 Å². The summed E-state index contributed by atoms with van der Waals surface area (Å²) in [7, 11) is 0. The molecule has 0 bridgehead atoms. The summed E-state index contributed by atoms with van der Waals surface area (Å²) in [4.78, 5) is 4.62. The SMILES string of the molecule is CCNC(Cc1nc2ccccc2o1)C1CCCCC1. The zero-order chi connectivity index (χ0) is 13.8. The second-order valence-corrected chi connectivity index (χ2v) is 5.84. The minimum absolute atomic E-state index is 0.508. The van der Waals surface area contributed by atoms with Crippen LogP contribution < -0.4 is 5.32 Å². The number of hydrogen-bond acceptors (Lipinski definition) is 3. The molecule has 1 saturated carbocycles. The summed E-state index contributed by atoms with van der Waals surface area (Å²) in [5.41, 5.74) is 1.88. The molecule has 1 aliphatic carbocycles. The maximum absolute atomic E-state index is 5.88. The smallest absolute Gasteiger partial charge is 0.197 e. The average Bonchev–Trinajstić information content (AvgIpc) is 2.90. The zero-order valence-electron chi connectivity index (χ0n) is 12.3. The highest BCUT2D eigenvalue weighted by Crippen LogP contribution is 2.28. The third-order valence-corrected chi connectivity index (χ3v) is 4.42. The fourth-order valence-electron chi connectivity index (χ4n) is 3.40. The highest BCUT2D eigenvalue weighted by molar-refractivity contribution is 5.72. The fourth-order valence-corrected chi connectivity index (χ4v) is 3.40. The van der Waals surface area contributed by atoms with Gasteiger partial charge in [0.25, 0.3) is 0 Å². The Kier molecular flexibility index (Phi) is 4.36. The molecule has 0 amide bonds. The topological polar surface area (TPSA) is 38.1 Å². The van der Waals surface area contributed by atoms with Gasteiger partial charge in [0.1, 0.15) is 5.52 Å². The summed E-state index contributed by atoms with van der Waals surface area (Å²) in [5, 5.41) is 3.65.